The average molecular weight is 599 g/mol. The van der Waals surface area contributed by atoms with Crippen molar-refractivity contribution in [3.05, 3.63) is 102 Å². The summed E-state index contributed by atoms with van der Waals surface area (Å²) in [5, 5.41) is 27.8. The Morgan fingerprint density at radius 3 is 2.40 bits per heavy atom. The highest BCUT2D eigenvalue weighted by atomic mass is 16.6. The predicted octanol–water partition coefficient (Wildman–Crippen LogP) is 4.98. The van der Waals surface area contributed by atoms with E-state index >= 15 is 0 Å². The van der Waals surface area contributed by atoms with E-state index in [1.165, 1.54) is 4.90 Å². The monoisotopic (exact) mass is 598 g/mol. The van der Waals surface area contributed by atoms with Gasteiger partial charge in [-0.25, -0.2) is 4.90 Å². The van der Waals surface area contributed by atoms with Crippen molar-refractivity contribution in [1.82, 2.24) is 9.78 Å². The summed E-state index contributed by atoms with van der Waals surface area (Å²) in [5.74, 6) is -1.88. The van der Waals surface area contributed by atoms with Crippen LogP contribution in [-0.2, 0) is 20.9 Å². The maximum atomic E-state index is 14.2. The smallest absolute Gasteiger partial charge is 0.240 e. The Kier molecular flexibility index (Phi) is 6.11. The van der Waals surface area contributed by atoms with E-state index in [1.807, 2.05) is 71.4 Å². The molecule has 2 bridgehead atoms. The third-order valence-electron chi connectivity index (χ3n) is 9.94. The number of para-hydroxylation sites is 1. The maximum Gasteiger partial charge on any atom is 0.240 e. The second-order valence-electron chi connectivity index (χ2n) is 12.4. The molecule has 0 radical (unpaired) electrons. The summed E-state index contributed by atoms with van der Waals surface area (Å²) in [6.07, 6.45) is -0.404. The number of fused-ring (bicyclic) bond motifs is 7. The number of rotatable bonds is 7. The lowest BCUT2D eigenvalue weighted by molar-refractivity contribution is -0.134. The average Bonchev–Trinajstić information content (AvgIpc) is 3.71. The van der Waals surface area contributed by atoms with Crippen molar-refractivity contribution in [2.75, 3.05) is 11.5 Å². The minimum Gasteiger partial charge on any atom is -0.476 e. The van der Waals surface area contributed by atoms with Crippen molar-refractivity contribution in [2.45, 2.75) is 43.6 Å². The number of carbonyl (C=O) groups is 2. The first-order valence-corrected chi connectivity index (χ1v) is 15.1. The van der Waals surface area contributed by atoms with E-state index in [-0.39, 0.29) is 18.9 Å². The number of anilines is 1. The van der Waals surface area contributed by atoms with Gasteiger partial charge in [-0.05, 0) is 36.8 Å². The predicted molar refractivity (Wildman–Crippen MR) is 166 cm³/mol. The summed E-state index contributed by atoms with van der Waals surface area (Å²) >= 11 is 0. The summed E-state index contributed by atoms with van der Waals surface area (Å²) in [7, 11) is 0. The van der Waals surface area contributed by atoms with Crippen LogP contribution in [0.5, 0.6) is 5.88 Å². The van der Waals surface area contributed by atoms with Gasteiger partial charge in [0.2, 0.25) is 17.7 Å². The number of carbonyl (C=O) groups excluding carboxylic acids is 2. The molecule has 3 aliphatic rings. The first-order chi connectivity index (χ1) is 21.8. The van der Waals surface area contributed by atoms with Gasteiger partial charge in [-0.2, -0.15) is 5.26 Å². The number of ether oxygens (including phenoxy) is 2. The number of benzene rings is 4. The number of aliphatic hydroxyl groups is 1. The Morgan fingerprint density at radius 1 is 0.933 bits per heavy atom. The third-order valence-corrected chi connectivity index (χ3v) is 9.94. The maximum absolute atomic E-state index is 14.2. The zero-order valence-corrected chi connectivity index (χ0v) is 24.6. The molecule has 3 saturated heterocycles. The molecule has 45 heavy (non-hydrogen) atoms. The largest absolute Gasteiger partial charge is 0.476 e. The van der Waals surface area contributed by atoms with Crippen LogP contribution in [0.25, 0.3) is 21.7 Å². The number of imide groups is 1. The van der Waals surface area contributed by atoms with Crippen LogP contribution >= 0.6 is 0 Å². The van der Waals surface area contributed by atoms with Crippen LogP contribution in [0, 0.1) is 23.2 Å². The lowest BCUT2D eigenvalue weighted by atomic mass is 9.66. The Morgan fingerprint density at radius 2 is 1.62 bits per heavy atom. The molecule has 1 N–H and O–H groups in total. The molecule has 0 aliphatic carbocycles. The van der Waals surface area contributed by atoms with Crippen LogP contribution in [0.2, 0.25) is 0 Å². The molecular weight excluding hydrogens is 568 g/mol. The molecule has 8 rings (SSSR count). The first-order valence-electron chi connectivity index (χ1n) is 15.1. The van der Waals surface area contributed by atoms with Crippen LogP contribution < -0.4 is 9.64 Å². The second-order valence-corrected chi connectivity index (χ2v) is 12.4. The Balaban J connectivity index is 1.09. The molecule has 9 nitrogen and oxygen atoms in total. The highest BCUT2D eigenvalue weighted by Gasteiger charge is 2.77. The van der Waals surface area contributed by atoms with Gasteiger partial charge >= 0.3 is 0 Å². The number of hydrogen-bond acceptors (Lipinski definition) is 7. The van der Waals surface area contributed by atoms with Crippen molar-refractivity contribution in [2.24, 2.45) is 11.8 Å². The summed E-state index contributed by atoms with van der Waals surface area (Å²) < 4.78 is 14.7. The van der Waals surface area contributed by atoms with Crippen LogP contribution in [-0.4, -0.2) is 50.6 Å². The Labute approximate surface area is 259 Å². The molecule has 5 aromatic rings. The number of hydrogen-bond donors (Lipinski definition) is 1. The van der Waals surface area contributed by atoms with E-state index in [0.717, 1.165) is 16.5 Å². The normalized spacial score (nSPS) is 27.0. The van der Waals surface area contributed by atoms with Gasteiger partial charge in [-0.1, -0.05) is 66.7 Å². The van der Waals surface area contributed by atoms with Gasteiger partial charge < -0.3 is 14.6 Å². The molecule has 4 aromatic carbocycles. The van der Waals surface area contributed by atoms with Crippen molar-refractivity contribution in [3.8, 4) is 11.9 Å². The fourth-order valence-electron chi connectivity index (χ4n) is 7.84. The van der Waals surface area contributed by atoms with Crippen molar-refractivity contribution >= 4 is 39.2 Å². The molecule has 5 atom stereocenters. The number of nitrogens with zero attached hydrogens (tertiary/aromatic N) is 4. The van der Waals surface area contributed by atoms with E-state index in [1.54, 1.807) is 19.1 Å². The van der Waals surface area contributed by atoms with Crippen LogP contribution in [0.15, 0.2) is 91.0 Å². The SMILES string of the molecule is C[C@]12O[C@](CCOc3nn(Cc4ccccc4)c4ccccc34)(C[C@@H]1O)[C@H]1C(=O)N(c3ccc(C#N)c4ccccc34)C(=O)[C@H]12. The zero-order chi connectivity index (χ0) is 30.9. The van der Waals surface area contributed by atoms with Crippen molar-refractivity contribution < 1.29 is 24.2 Å². The van der Waals surface area contributed by atoms with Gasteiger partial charge in [-0.3, -0.25) is 14.3 Å². The van der Waals surface area contributed by atoms with Gasteiger partial charge in [0.25, 0.3) is 0 Å². The summed E-state index contributed by atoms with van der Waals surface area (Å²) in [6.45, 7) is 2.50. The fourth-order valence-corrected chi connectivity index (χ4v) is 7.84. The molecule has 1 aromatic heterocycles. The highest BCUT2D eigenvalue weighted by Crippen LogP contribution is 2.62. The molecule has 4 heterocycles. The molecule has 2 amide bonds. The Bertz CT molecular complexity index is 2050. The Hall–Kier alpha value is -5.04. The van der Waals surface area contributed by atoms with Crippen molar-refractivity contribution in [1.29, 1.82) is 5.26 Å². The zero-order valence-electron chi connectivity index (χ0n) is 24.6. The lowest BCUT2D eigenvalue weighted by Gasteiger charge is -2.33. The molecule has 9 heteroatoms. The summed E-state index contributed by atoms with van der Waals surface area (Å²) in [4.78, 5) is 29.6. The van der Waals surface area contributed by atoms with Crippen LogP contribution in [0.1, 0.15) is 30.9 Å². The van der Waals surface area contributed by atoms with Crippen molar-refractivity contribution in [3.63, 3.8) is 0 Å². The third kappa shape index (κ3) is 3.96. The summed E-state index contributed by atoms with van der Waals surface area (Å²) in [5.41, 5.74) is 0.672. The molecule has 224 valence electrons. The van der Waals surface area contributed by atoms with Crippen LogP contribution in [0.3, 0.4) is 0 Å². The molecule has 0 spiro atoms. The quantitative estimate of drug-likeness (QED) is 0.263. The fraction of sp³-hybridized carbons (Fsp3) is 0.278. The van der Waals surface area contributed by atoms with E-state index in [9.17, 15) is 20.0 Å². The van der Waals surface area contributed by atoms with Gasteiger partial charge in [0.15, 0.2) is 0 Å². The number of aromatic nitrogens is 2. The van der Waals surface area contributed by atoms with Gasteiger partial charge in [0, 0.05) is 23.6 Å². The van der Waals surface area contributed by atoms with E-state index in [0.29, 0.717) is 40.9 Å². The molecular formula is C36H30N4O5. The standard InChI is InChI=1S/C36H30N4O5/c1-35-29(41)19-36(45-35,17-18-44-32-26-13-7-8-14-27(26)39(38-32)21-22-9-3-2-4-10-22)31-30(35)33(42)40(34(31)43)28-16-15-23(20-37)24-11-5-6-12-25(24)28/h2-16,29-31,41H,17-19,21H2,1H3/t29-,30-,31+,35-,36+/m0/s1. The summed E-state index contributed by atoms with van der Waals surface area (Å²) in [6, 6.07) is 30.7. The highest BCUT2D eigenvalue weighted by molar-refractivity contribution is 6.26. The molecule has 0 saturated carbocycles. The number of amides is 2. The van der Waals surface area contributed by atoms with Gasteiger partial charge in [-0.15, -0.1) is 5.10 Å². The molecule has 0 unspecified atom stereocenters. The van der Waals surface area contributed by atoms with Gasteiger partial charge in [0.1, 0.15) is 5.60 Å². The minimum atomic E-state index is -1.21. The molecule has 3 aliphatic heterocycles. The van der Waals surface area contributed by atoms with E-state index < -0.39 is 35.0 Å². The molecule has 3 fully saturated rings. The first kappa shape index (κ1) is 27.5. The number of aliphatic hydroxyl groups excluding tert-OH is 1. The van der Waals surface area contributed by atoms with Crippen LogP contribution in [0.4, 0.5) is 5.69 Å². The van der Waals surface area contributed by atoms with Gasteiger partial charge in [0.05, 0.1) is 64.9 Å². The second kappa shape index (κ2) is 9.99. The van der Waals surface area contributed by atoms with E-state index in [4.69, 9.17) is 14.6 Å². The minimum absolute atomic E-state index is 0.180. The topological polar surface area (TPSA) is 118 Å². The van der Waals surface area contributed by atoms with E-state index in [2.05, 4.69) is 18.2 Å². The lowest BCUT2D eigenvalue weighted by Crippen LogP contribution is -2.49. The number of nitriles is 1.